The van der Waals surface area contributed by atoms with E-state index >= 15 is 0 Å². The zero-order valence-electron chi connectivity index (χ0n) is 12.0. The highest BCUT2D eigenvalue weighted by Crippen LogP contribution is 2.33. The quantitative estimate of drug-likeness (QED) is 0.238. The molecule has 0 bridgehead atoms. The van der Waals surface area contributed by atoms with Gasteiger partial charge in [-0.1, -0.05) is 0 Å². The lowest BCUT2D eigenvalue weighted by molar-refractivity contribution is -0.318. The fraction of sp³-hybridized carbons (Fsp3) is 1.00. The zero-order valence-corrected chi connectivity index (χ0v) is 12.0. The molecule has 0 aromatic heterocycles. The summed E-state index contributed by atoms with van der Waals surface area (Å²) in [5.41, 5.74) is 0. The Labute approximate surface area is 130 Å². The minimum atomic E-state index is -2.37. The molecule has 0 spiro atoms. The molecule has 11 nitrogen and oxygen atoms in total. The van der Waals surface area contributed by atoms with Crippen LogP contribution in [0.4, 0.5) is 0 Å². The van der Waals surface area contributed by atoms with E-state index in [1.165, 1.54) is 0 Å². The summed E-state index contributed by atoms with van der Waals surface area (Å²) in [6, 6.07) is 0. The van der Waals surface area contributed by atoms with Crippen LogP contribution >= 0.6 is 0 Å². The Morgan fingerprint density at radius 2 is 1.48 bits per heavy atom. The van der Waals surface area contributed by atoms with Crippen LogP contribution in [0.15, 0.2) is 0 Å². The molecule has 2 rings (SSSR count). The molecule has 0 aromatic carbocycles. The first-order valence-corrected chi connectivity index (χ1v) is 7.05. The first-order valence-electron chi connectivity index (χ1n) is 7.05. The molecule has 11 heteroatoms. The van der Waals surface area contributed by atoms with Crippen LogP contribution in [0.1, 0.15) is 0 Å². The van der Waals surface area contributed by atoms with Gasteiger partial charge in [-0.3, -0.25) is 0 Å². The standard InChI is InChI=1S/C12H22O11/c13-1-4-6(16)7(17)8(18)11(21-4)22-9-5(2-14)23-12(20,3-15)10(9)19/h4-11,13-20H,1-3H2/t4?,5-,6-,7+,8?,9+,10?,11+,12-/m1/s1. The van der Waals surface area contributed by atoms with E-state index in [1.807, 2.05) is 0 Å². The average Bonchev–Trinajstić information content (AvgIpc) is 2.80. The molecule has 8 N–H and O–H groups in total. The van der Waals surface area contributed by atoms with Gasteiger partial charge in [0, 0.05) is 0 Å². The van der Waals surface area contributed by atoms with Gasteiger partial charge in [-0.25, -0.2) is 0 Å². The molecule has 0 aromatic rings. The molecule has 0 saturated carbocycles. The summed E-state index contributed by atoms with van der Waals surface area (Å²) in [6.45, 7) is -2.32. The topological polar surface area (TPSA) is 190 Å². The second-order valence-electron chi connectivity index (χ2n) is 5.58. The lowest BCUT2D eigenvalue weighted by Crippen LogP contribution is -2.60. The summed E-state index contributed by atoms with van der Waals surface area (Å²) >= 11 is 0. The Kier molecular flexibility index (Phi) is 5.92. The average molecular weight is 342 g/mol. The minimum absolute atomic E-state index is 0.668. The van der Waals surface area contributed by atoms with Crippen molar-refractivity contribution in [2.24, 2.45) is 0 Å². The van der Waals surface area contributed by atoms with Crippen LogP contribution in [0.25, 0.3) is 0 Å². The Morgan fingerprint density at radius 1 is 0.870 bits per heavy atom. The number of hydrogen-bond acceptors (Lipinski definition) is 11. The van der Waals surface area contributed by atoms with Crippen molar-refractivity contribution in [3.05, 3.63) is 0 Å². The third-order valence-electron chi connectivity index (χ3n) is 4.04. The van der Waals surface area contributed by atoms with Crippen LogP contribution < -0.4 is 0 Å². The number of aliphatic hydroxyl groups is 8. The molecule has 23 heavy (non-hydrogen) atoms. The van der Waals surface area contributed by atoms with Gasteiger partial charge in [-0.2, -0.15) is 0 Å². The van der Waals surface area contributed by atoms with Crippen molar-refractivity contribution < 1.29 is 55.1 Å². The van der Waals surface area contributed by atoms with Crippen LogP contribution in [0.5, 0.6) is 0 Å². The largest absolute Gasteiger partial charge is 0.394 e. The van der Waals surface area contributed by atoms with Gasteiger partial charge in [0.15, 0.2) is 6.29 Å². The van der Waals surface area contributed by atoms with Crippen LogP contribution in [-0.2, 0) is 14.2 Å². The Morgan fingerprint density at radius 3 is 2.00 bits per heavy atom. The maximum absolute atomic E-state index is 10.00. The fourth-order valence-corrected chi connectivity index (χ4v) is 2.63. The highest BCUT2D eigenvalue weighted by Gasteiger charge is 2.56. The van der Waals surface area contributed by atoms with Crippen LogP contribution in [0, 0.1) is 0 Å². The summed E-state index contributed by atoms with van der Waals surface area (Å²) < 4.78 is 15.3. The predicted molar refractivity (Wildman–Crippen MR) is 68.6 cm³/mol. The molecule has 2 aliphatic heterocycles. The smallest absolute Gasteiger partial charge is 0.219 e. The molecule has 9 atom stereocenters. The Bertz CT molecular complexity index is 393. The molecule has 0 amide bonds. The maximum Gasteiger partial charge on any atom is 0.219 e. The van der Waals surface area contributed by atoms with E-state index in [0.29, 0.717) is 0 Å². The highest BCUT2D eigenvalue weighted by molar-refractivity contribution is 4.98. The third-order valence-corrected chi connectivity index (χ3v) is 4.04. The normalized spacial score (nSPS) is 51.1. The molecule has 2 heterocycles. The molecule has 2 fully saturated rings. The fourth-order valence-electron chi connectivity index (χ4n) is 2.63. The van der Waals surface area contributed by atoms with Gasteiger partial charge in [0.25, 0.3) is 0 Å². The highest BCUT2D eigenvalue weighted by atomic mass is 16.7. The minimum Gasteiger partial charge on any atom is -0.394 e. The van der Waals surface area contributed by atoms with E-state index < -0.39 is 74.6 Å². The Balaban J connectivity index is 2.13. The lowest BCUT2D eigenvalue weighted by Gasteiger charge is -2.41. The number of hydrogen-bond donors (Lipinski definition) is 8. The van der Waals surface area contributed by atoms with E-state index in [9.17, 15) is 30.6 Å². The molecule has 3 unspecified atom stereocenters. The van der Waals surface area contributed by atoms with E-state index in [0.717, 1.165) is 0 Å². The van der Waals surface area contributed by atoms with Gasteiger partial charge >= 0.3 is 0 Å². The van der Waals surface area contributed by atoms with Gasteiger partial charge in [-0.15, -0.1) is 0 Å². The number of ether oxygens (including phenoxy) is 3. The lowest BCUT2D eigenvalue weighted by atomic mass is 9.99. The van der Waals surface area contributed by atoms with Crippen molar-refractivity contribution in [1.82, 2.24) is 0 Å². The molecular formula is C12H22O11. The van der Waals surface area contributed by atoms with Crippen molar-refractivity contribution in [3.63, 3.8) is 0 Å². The summed E-state index contributed by atoms with van der Waals surface area (Å²) in [5, 5.41) is 76.5. The number of aliphatic hydroxyl groups excluding tert-OH is 7. The van der Waals surface area contributed by atoms with Gasteiger partial charge in [0.1, 0.15) is 42.7 Å². The SMILES string of the molecule is OCC1O[C@@H](O[C@@H]2C(O)[C@@](O)(CO)O[C@@H]2CO)C(O)[C@@H](O)[C@@H]1O. The van der Waals surface area contributed by atoms with Crippen molar-refractivity contribution in [2.45, 2.75) is 54.8 Å². The molecule has 0 aliphatic carbocycles. The van der Waals surface area contributed by atoms with Crippen LogP contribution in [0.3, 0.4) is 0 Å². The molecular weight excluding hydrogens is 320 g/mol. The van der Waals surface area contributed by atoms with Crippen molar-refractivity contribution in [3.8, 4) is 0 Å². The molecule has 0 radical (unpaired) electrons. The van der Waals surface area contributed by atoms with E-state index in [4.69, 9.17) is 24.4 Å². The number of rotatable bonds is 5. The van der Waals surface area contributed by atoms with E-state index in [2.05, 4.69) is 0 Å². The molecule has 136 valence electrons. The molecule has 2 aliphatic rings. The van der Waals surface area contributed by atoms with Crippen molar-refractivity contribution in [2.75, 3.05) is 19.8 Å². The predicted octanol–water partition coefficient (Wildman–Crippen LogP) is -5.40. The van der Waals surface area contributed by atoms with Gasteiger partial charge in [0.2, 0.25) is 5.79 Å². The first kappa shape index (κ1) is 18.9. The van der Waals surface area contributed by atoms with Crippen molar-refractivity contribution in [1.29, 1.82) is 0 Å². The second-order valence-corrected chi connectivity index (χ2v) is 5.58. The summed E-state index contributed by atoms with van der Waals surface area (Å²) in [5.74, 6) is -2.37. The van der Waals surface area contributed by atoms with Gasteiger partial charge in [-0.05, 0) is 0 Å². The summed E-state index contributed by atoms with van der Waals surface area (Å²) in [6.07, 6.45) is -12.2. The van der Waals surface area contributed by atoms with Crippen LogP contribution in [-0.4, -0.2) is 115 Å². The summed E-state index contributed by atoms with van der Waals surface area (Å²) in [7, 11) is 0. The molecule has 2 saturated heterocycles. The first-order chi connectivity index (χ1) is 10.8. The van der Waals surface area contributed by atoms with E-state index in [1.54, 1.807) is 0 Å². The monoisotopic (exact) mass is 342 g/mol. The maximum atomic E-state index is 10.00. The van der Waals surface area contributed by atoms with Gasteiger partial charge < -0.3 is 55.1 Å². The van der Waals surface area contributed by atoms with Gasteiger partial charge in [0.05, 0.1) is 19.8 Å². The Hall–Kier alpha value is -0.440. The second kappa shape index (κ2) is 7.21. The van der Waals surface area contributed by atoms with E-state index in [-0.39, 0.29) is 0 Å². The van der Waals surface area contributed by atoms with Crippen molar-refractivity contribution >= 4 is 0 Å². The third kappa shape index (κ3) is 3.36. The zero-order chi connectivity index (χ0) is 17.4. The summed E-state index contributed by atoms with van der Waals surface area (Å²) in [4.78, 5) is 0. The van der Waals surface area contributed by atoms with Crippen LogP contribution in [0.2, 0.25) is 0 Å².